The minimum atomic E-state index is -0.480. The van der Waals surface area contributed by atoms with E-state index in [0.29, 0.717) is 22.4 Å². The molecule has 0 bridgehead atoms. The number of hydrogen-bond acceptors (Lipinski definition) is 4. The monoisotopic (exact) mass is 435 g/mol. The second kappa shape index (κ2) is 11.8. The van der Waals surface area contributed by atoms with E-state index in [2.05, 4.69) is 20.8 Å². The molecule has 0 aliphatic rings. The number of rotatable bonds is 10. The number of carbonyl (C=O) groups is 2. The molecule has 0 saturated carbocycles. The average molecular weight is 436 g/mol. The van der Waals surface area contributed by atoms with Gasteiger partial charge < -0.3 is 15.4 Å². The molecule has 0 radical (unpaired) electrons. The van der Waals surface area contributed by atoms with Gasteiger partial charge in [-0.25, -0.2) is 4.79 Å². The third-order valence-electron chi connectivity index (χ3n) is 5.35. The highest BCUT2D eigenvalue weighted by Crippen LogP contribution is 2.18. The predicted octanol–water partition coefficient (Wildman–Crippen LogP) is 5.02. The fraction of sp³-hybridized carbons (Fsp3) is 0.346. The zero-order valence-electron chi connectivity index (χ0n) is 19.4. The fourth-order valence-corrected chi connectivity index (χ4v) is 3.54. The molecular formula is C26H33N3O3. The van der Waals surface area contributed by atoms with Crippen LogP contribution in [0, 0.1) is 5.41 Å². The van der Waals surface area contributed by atoms with E-state index < -0.39 is 5.97 Å². The van der Waals surface area contributed by atoms with Crippen molar-refractivity contribution in [1.29, 1.82) is 5.41 Å². The summed E-state index contributed by atoms with van der Waals surface area (Å²) in [5.74, 6) is -0.0920. The maximum Gasteiger partial charge on any atom is 0.343 e. The van der Waals surface area contributed by atoms with Crippen LogP contribution in [-0.4, -0.2) is 35.2 Å². The molecule has 0 fully saturated rings. The number of hydrogen-bond donors (Lipinski definition) is 2. The number of nitrogens with two attached hydrogens (primary N) is 1. The first kappa shape index (κ1) is 24.9. The lowest BCUT2D eigenvalue weighted by atomic mass is 10.1. The highest BCUT2D eigenvalue weighted by Gasteiger charge is 2.21. The molecule has 0 atom stereocenters. The number of nitrogen functional groups attached to an aromatic ring is 1. The molecule has 32 heavy (non-hydrogen) atoms. The van der Waals surface area contributed by atoms with Gasteiger partial charge in [-0.05, 0) is 74.2 Å². The van der Waals surface area contributed by atoms with Crippen molar-refractivity contribution in [2.45, 2.75) is 53.0 Å². The van der Waals surface area contributed by atoms with E-state index in [1.807, 2.05) is 17.9 Å². The minimum absolute atomic E-state index is 0.0435. The van der Waals surface area contributed by atoms with Crippen molar-refractivity contribution in [3.8, 4) is 5.75 Å². The minimum Gasteiger partial charge on any atom is -0.423 e. The van der Waals surface area contributed by atoms with Crippen molar-refractivity contribution in [3.63, 3.8) is 0 Å². The van der Waals surface area contributed by atoms with Gasteiger partial charge in [0.05, 0.1) is 5.56 Å². The summed E-state index contributed by atoms with van der Waals surface area (Å²) in [5, 5.41) is 7.40. The Morgan fingerprint density at radius 3 is 2.06 bits per heavy atom. The number of esters is 1. The van der Waals surface area contributed by atoms with Crippen LogP contribution in [-0.2, 0) is 4.79 Å². The molecule has 170 valence electrons. The van der Waals surface area contributed by atoms with Crippen LogP contribution >= 0.6 is 0 Å². The van der Waals surface area contributed by atoms with Gasteiger partial charge in [0.2, 0.25) is 5.91 Å². The van der Waals surface area contributed by atoms with Gasteiger partial charge >= 0.3 is 5.97 Å². The number of amidine groups is 1. The lowest BCUT2D eigenvalue weighted by molar-refractivity contribution is -0.129. The quantitative estimate of drug-likeness (QED) is 0.180. The molecule has 2 aromatic rings. The Hall–Kier alpha value is -3.41. The highest BCUT2D eigenvalue weighted by atomic mass is 16.5. The van der Waals surface area contributed by atoms with Gasteiger partial charge in [0.15, 0.2) is 0 Å². The second-order valence-corrected chi connectivity index (χ2v) is 7.75. The zero-order valence-corrected chi connectivity index (χ0v) is 19.4. The molecule has 0 aliphatic heterocycles. The molecule has 0 heterocycles. The Balaban J connectivity index is 2.09. The maximum absolute atomic E-state index is 13.0. The molecule has 0 aromatic heterocycles. The summed E-state index contributed by atoms with van der Waals surface area (Å²) in [6.07, 6.45) is 4.64. The summed E-state index contributed by atoms with van der Waals surface area (Å²) < 4.78 is 5.38. The standard InChI is InChI=1S/C26H33N3O3/c1-5-16-29(22(6-2)7-3)25(30)18(4)17-19-8-10-21(11-9-19)26(31)32-23-14-12-20(13-15-23)24(27)28/h8-15,17,22H,5-7,16H2,1-4H3,(H3,27,28)/b18-17+. The van der Waals surface area contributed by atoms with E-state index in [-0.39, 0.29) is 17.8 Å². The highest BCUT2D eigenvalue weighted by molar-refractivity contribution is 5.98. The molecule has 0 unspecified atom stereocenters. The third-order valence-corrected chi connectivity index (χ3v) is 5.35. The zero-order chi connectivity index (χ0) is 23.7. The number of nitrogens with one attached hydrogen (secondary N) is 1. The van der Waals surface area contributed by atoms with Crippen molar-refractivity contribution < 1.29 is 14.3 Å². The molecule has 2 aromatic carbocycles. The number of benzene rings is 2. The summed E-state index contributed by atoms with van der Waals surface area (Å²) >= 11 is 0. The number of carbonyl (C=O) groups excluding carboxylic acids is 2. The molecule has 0 aliphatic carbocycles. The summed E-state index contributed by atoms with van der Waals surface area (Å²) in [6.45, 7) is 8.88. The average Bonchev–Trinajstić information content (AvgIpc) is 2.79. The predicted molar refractivity (Wildman–Crippen MR) is 129 cm³/mol. The summed E-state index contributed by atoms with van der Waals surface area (Å²) in [7, 11) is 0. The topological polar surface area (TPSA) is 96.5 Å². The van der Waals surface area contributed by atoms with Crippen LogP contribution in [0.3, 0.4) is 0 Å². The first-order valence-electron chi connectivity index (χ1n) is 11.1. The third kappa shape index (κ3) is 6.54. The lowest BCUT2D eigenvalue weighted by Gasteiger charge is -2.30. The number of amides is 1. The number of nitrogens with zero attached hydrogens (tertiary/aromatic N) is 1. The van der Waals surface area contributed by atoms with Gasteiger partial charge in [-0.1, -0.05) is 32.9 Å². The largest absolute Gasteiger partial charge is 0.423 e. The van der Waals surface area contributed by atoms with E-state index in [1.165, 1.54) is 0 Å². The van der Waals surface area contributed by atoms with Gasteiger partial charge in [-0.3, -0.25) is 10.2 Å². The Bertz CT molecular complexity index is 959. The van der Waals surface area contributed by atoms with Crippen molar-refractivity contribution in [3.05, 3.63) is 70.8 Å². The van der Waals surface area contributed by atoms with Gasteiger partial charge in [0.1, 0.15) is 11.6 Å². The summed E-state index contributed by atoms with van der Waals surface area (Å²) in [6, 6.07) is 13.7. The van der Waals surface area contributed by atoms with E-state index in [0.717, 1.165) is 31.4 Å². The van der Waals surface area contributed by atoms with Crippen LogP contribution in [0.5, 0.6) is 5.75 Å². The van der Waals surface area contributed by atoms with Crippen LogP contribution in [0.2, 0.25) is 0 Å². The molecule has 1 amide bonds. The first-order chi connectivity index (χ1) is 15.3. The van der Waals surface area contributed by atoms with Gasteiger partial charge in [-0.15, -0.1) is 0 Å². The van der Waals surface area contributed by atoms with Crippen molar-refractivity contribution in [2.24, 2.45) is 5.73 Å². The smallest absolute Gasteiger partial charge is 0.343 e. The SMILES string of the molecule is CCCN(C(=O)/C(C)=C/c1ccc(C(=O)Oc2ccc(C(=N)N)cc2)cc1)C(CC)CC. The summed E-state index contributed by atoms with van der Waals surface area (Å²) in [5.41, 5.74) is 7.92. The molecular weight excluding hydrogens is 402 g/mol. The van der Waals surface area contributed by atoms with Crippen molar-refractivity contribution >= 4 is 23.8 Å². The van der Waals surface area contributed by atoms with Crippen molar-refractivity contribution in [1.82, 2.24) is 4.90 Å². The molecule has 6 heteroatoms. The number of ether oxygens (including phenoxy) is 1. The van der Waals surface area contributed by atoms with Crippen LogP contribution in [0.4, 0.5) is 0 Å². The Kier molecular flexibility index (Phi) is 9.20. The van der Waals surface area contributed by atoms with Gasteiger partial charge in [0, 0.05) is 23.7 Å². The maximum atomic E-state index is 13.0. The van der Waals surface area contributed by atoms with E-state index >= 15 is 0 Å². The Labute approximate surface area is 190 Å². The van der Waals surface area contributed by atoms with Crippen LogP contribution in [0.15, 0.2) is 54.1 Å². The van der Waals surface area contributed by atoms with E-state index in [1.54, 1.807) is 48.5 Å². The molecule has 0 saturated heterocycles. The van der Waals surface area contributed by atoms with E-state index in [9.17, 15) is 9.59 Å². The summed E-state index contributed by atoms with van der Waals surface area (Å²) in [4.78, 5) is 27.4. The lowest BCUT2D eigenvalue weighted by Crippen LogP contribution is -2.40. The molecule has 3 N–H and O–H groups in total. The molecule has 0 spiro atoms. The first-order valence-corrected chi connectivity index (χ1v) is 11.1. The normalized spacial score (nSPS) is 11.3. The second-order valence-electron chi connectivity index (χ2n) is 7.75. The van der Waals surface area contributed by atoms with Crippen molar-refractivity contribution in [2.75, 3.05) is 6.54 Å². The van der Waals surface area contributed by atoms with Crippen LogP contribution in [0.25, 0.3) is 6.08 Å². The van der Waals surface area contributed by atoms with E-state index in [4.69, 9.17) is 15.9 Å². The Morgan fingerprint density at radius 1 is 1.00 bits per heavy atom. The van der Waals surface area contributed by atoms with Gasteiger partial charge in [-0.2, -0.15) is 0 Å². The molecule has 2 rings (SSSR count). The van der Waals surface area contributed by atoms with Crippen LogP contribution in [0.1, 0.15) is 68.4 Å². The molecule has 6 nitrogen and oxygen atoms in total. The Morgan fingerprint density at radius 2 is 1.56 bits per heavy atom. The van der Waals surface area contributed by atoms with Crippen LogP contribution < -0.4 is 10.5 Å². The van der Waals surface area contributed by atoms with Gasteiger partial charge in [0.25, 0.3) is 0 Å². The fourth-order valence-electron chi connectivity index (χ4n) is 3.54.